The average molecular weight is 287 g/mol. The van der Waals surface area contributed by atoms with Gasteiger partial charge in [-0.2, -0.15) is 0 Å². The Morgan fingerprint density at radius 3 is 2.56 bits per heavy atom. The zero-order valence-electron chi connectivity index (χ0n) is 10.3. The van der Waals surface area contributed by atoms with Gasteiger partial charge in [0.2, 0.25) is 0 Å². The number of rotatable bonds is 5. The zero-order valence-corrected chi connectivity index (χ0v) is 11.9. The third-order valence-electron chi connectivity index (χ3n) is 2.71. The molecular formula is C13H19BrO2. The van der Waals surface area contributed by atoms with Crippen LogP contribution in [-0.4, -0.2) is 12.7 Å². The average Bonchev–Trinajstić information content (AvgIpc) is 2.27. The van der Waals surface area contributed by atoms with E-state index in [1.54, 1.807) is 7.11 Å². The van der Waals surface area contributed by atoms with Gasteiger partial charge in [-0.05, 0) is 38.5 Å². The fourth-order valence-corrected chi connectivity index (χ4v) is 1.64. The summed E-state index contributed by atoms with van der Waals surface area (Å²) < 4.78 is 12.2. The van der Waals surface area contributed by atoms with Crippen LogP contribution >= 0.6 is 15.9 Å². The number of halogens is 1. The van der Waals surface area contributed by atoms with E-state index in [0.29, 0.717) is 6.61 Å². The molecule has 0 saturated heterocycles. The van der Waals surface area contributed by atoms with Gasteiger partial charge in [-0.1, -0.05) is 22.9 Å². The molecule has 0 aromatic heterocycles. The van der Waals surface area contributed by atoms with Crippen molar-refractivity contribution in [1.82, 2.24) is 0 Å². The molecule has 0 amide bonds. The Morgan fingerprint density at radius 1 is 1.31 bits per heavy atom. The molecule has 0 saturated carbocycles. The lowest BCUT2D eigenvalue weighted by molar-refractivity contribution is -0.0322. The van der Waals surface area contributed by atoms with Gasteiger partial charge in [0.15, 0.2) is 0 Å². The van der Waals surface area contributed by atoms with Crippen molar-refractivity contribution < 1.29 is 9.47 Å². The first-order valence-corrected chi connectivity index (χ1v) is 6.24. The van der Waals surface area contributed by atoms with Crippen molar-refractivity contribution in [3.63, 3.8) is 0 Å². The molecule has 0 aliphatic carbocycles. The summed E-state index contributed by atoms with van der Waals surface area (Å²) in [6.45, 7) is 6.89. The van der Waals surface area contributed by atoms with Crippen molar-refractivity contribution in [3.8, 4) is 5.75 Å². The second-order valence-electron chi connectivity index (χ2n) is 4.36. The van der Waals surface area contributed by atoms with Crippen LogP contribution in [0.15, 0.2) is 22.7 Å². The van der Waals surface area contributed by atoms with E-state index in [4.69, 9.17) is 9.47 Å². The minimum absolute atomic E-state index is 0.0900. The molecule has 0 radical (unpaired) electrons. The predicted molar refractivity (Wildman–Crippen MR) is 69.9 cm³/mol. The van der Waals surface area contributed by atoms with E-state index in [2.05, 4.69) is 36.7 Å². The van der Waals surface area contributed by atoms with Gasteiger partial charge in [0.25, 0.3) is 0 Å². The molecule has 1 rings (SSSR count). The summed E-state index contributed by atoms with van der Waals surface area (Å²) in [5, 5.41) is 0. The number of hydrogen-bond acceptors (Lipinski definition) is 2. The Kier molecular flexibility index (Phi) is 4.81. The number of hydrogen-bond donors (Lipinski definition) is 0. The normalized spacial score (nSPS) is 11.6. The molecule has 0 bridgehead atoms. The Bertz CT molecular complexity index is 348. The lowest BCUT2D eigenvalue weighted by atomic mass is 10.1. The second-order valence-corrected chi connectivity index (χ2v) is 5.27. The zero-order chi connectivity index (χ0) is 12.2. The van der Waals surface area contributed by atoms with Gasteiger partial charge in [-0.3, -0.25) is 0 Å². The molecule has 2 nitrogen and oxygen atoms in total. The van der Waals surface area contributed by atoms with Gasteiger partial charge in [0.05, 0.1) is 19.3 Å². The van der Waals surface area contributed by atoms with Crippen LogP contribution in [0.2, 0.25) is 0 Å². The first-order valence-electron chi connectivity index (χ1n) is 5.45. The molecular weight excluding hydrogens is 268 g/mol. The number of benzene rings is 1. The molecule has 1 aromatic carbocycles. The van der Waals surface area contributed by atoms with Gasteiger partial charge >= 0.3 is 0 Å². The van der Waals surface area contributed by atoms with Gasteiger partial charge in [0, 0.05) is 10.0 Å². The van der Waals surface area contributed by atoms with E-state index in [9.17, 15) is 0 Å². The maximum atomic E-state index is 5.86. The quantitative estimate of drug-likeness (QED) is 0.809. The predicted octanol–water partition coefficient (Wildman–Crippen LogP) is 4.16. The third-order valence-corrected chi connectivity index (χ3v) is 3.21. The fraction of sp³-hybridized carbons (Fsp3) is 0.538. The third kappa shape index (κ3) is 3.80. The van der Waals surface area contributed by atoms with E-state index in [1.165, 1.54) is 0 Å². The van der Waals surface area contributed by atoms with E-state index < -0.39 is 0 Å². The highest BCUT2D eigenvalue weighted by Crippen LogP contribution is 2.25. The summed E-state index contributed by atoms with van der Waals surface area (Å²) in [5.41, 5.74) is 0.978. The van der Waals surface area contributed by atoms with Crippen LogP contribution in [0.5, 0.6) is 5.75 Å². The Morgan fingerprint density at radius 2 is 2.00 bits per heavy atom. The van der Waals surface area contributed by atoms with E-state index in [1.807, 2.05) is 18.2 Å². The summed E-state index contributed by atoms with van der Waals surface area (Å²) >= 11 is 3.45. The summed E-state index contributed by atoms with van der Waals surface area (Å²) in [6.07, 6.45) is 0.989. The molecule has 90 valence electrons. The molecule has 0 atom stereocenters. The van der Waals surface area contributed by atoms with Crippen LogP contribution in [0.4, 0.5) is 0 Å². The van der Waals surface area contributed by atoms with Crippen LogP contribution in [0, 0.1) is 0 Å². The van der Waals surface area contributed by atoms with Crippen LogP contribution in [0.25, 0.3) is 0 Å². The van der Waals surface area contributed by atoms with E-state index >= 15 is 0 Å². The summed E-state index contributed by atoms with van der Waals surface area (Å²) in [7, 11) is 1.68. The summed E-state index contributed by atoms with van der Waals surface area (Å²) in [4.78, 5) is 0. The van der Waals surface area contributed by atoms with Crippen molar-refractivity contribution >= 4 is 15.9 Å². The monoisotopic (exact) mass is 286 g/mol. The minimum Gasteiger partial charge on any atom is -0.496 e. The van der Waals surface area contributed by atoms with Gasteiger partial charge < -0.3 is 9.47 Å². The Labute approximate surface area is 106 Å². The maximum absolute atomic E-state index is 5.86. The Hall–Kier alpha value is -0.540. The topological polar surface area (TPSA) is 18.5 Å². The molecule has 0 heterocycles. The highest BCUT2D eigenvalue weighted by atomic mass is 79.9. The van der Waals surface area contributed by atoms with Crippen molar-refractivity contribution in [1.29, 1.82) is 0 Å². The number of methoxy groups -OCH3 is 1. The molecule has 0 unspecified atom stereocenters. The van der Waals surface area contributed by atoms with Gasteiger partial charge in [-0.25, -0.2) is 0 Å². The van der Waals surface area contributed by atoms with E-state index in [0.717, 1.165) is 22.2 Å². The lowest BCUT2D eigenvalue weighted by Crippen LogP contribution is -2.22. The maximum Gasteiger partial charge on any atom is 0.124 e. The van der Waals surface area contributed by atoms with Crippen LogP contribution in [-0.2, 0) is 11.3 Å². The Balaban J connectivity index is 2.76. The van der Waals surface area contributed by atoms with Crippen molar-refractivity contribution in [2.75, 3.05) is 7.11 Å². The first kappa shape index (κ1) is 13.5. The van der Waals surface area contributed by atoms with Crippen molar-refractivity contribution in [2.45, 2.75) is 39.4 Å². The van der Waals surface area contributed by atoms with Crippen LogP contribution in [0.3, 0.4) is 0 Å². The van der Waals surface area contributed by atoms with Gasteiger partial charge in [0.1, 0.15) is 5.75 Å². The van der Waals surface area contributed by atoms with Crippen molar-refractivity contribution in [2.24, 2.45) is 0 Å². The van der Waals surface area contributed by atoms with Crippen molar-refractivity contribution in [3.05, 3.63) is 28.2 Å². The molecule has 3 heteroatoms. The molecule has 16 heavy (non-hydrogen) atoms. The highest BCUT2D eigenvalue weighted by molar-refractivity contribution is 9.10. The first-order chi connectivity index (χ1) is 7.48. The molecule has 0 spiro atoms. The number of ether oxygens (including phenoxy) is 2. The van der Waals surface area contributed by atoms with Crippen LogP contribution < -0.4 is 4.74 Å². The van der Waals surface area contributed by atoms with Gasteiger partial charge in [-0.15, -0.1) is 0 Å². The van der Waals surface area contributed by atoms with E-state index in [-0.39, 0.29) is 5.60 Å². The molecule has 0 fully saturated rings. The largest absolute Gasteiger partial charge is 0.496 e. The fourth-order valence-electron chi connectivity index (χ4n) is 1.24. The molecule has 0 aliphatic heterocycles. The van der Waals surface area contributed by atoms with Crippen LogP contribution in [0.1, 0.15) is 32.8 Å². The minimum atomic E-state index is -0.0900. The molecule has 1 aromatic rings. The molecule has 0 N–H and O–H groups in total. The highest BCUT2D eigenvalue weighted by Gasteiger charge is 2.16. The standard InChI is InChI=1S/C13H19BrO2/c1-5-13(2,3)16-9-10-8-11(14)6-7-12(10)15-4/h6-8H,5,9H2,1-4H3. The lowest BCUT2D eigenvalue weighted by Gasteiger charge is -2.24. The molecule has 0 aliphatic rings. The summed E-state index contributed by atoms with van der Waals surface area (Å²) in [6, 6.07) is 5.94. The SMILES string of the molecule is CCC(C)(C)OCc1cc(Br)ccc1OC. The summed E-state index contributed by atoms with van der Waals surface area (Å²) in [5.74, 6) is 0.870. The smallest absolute Gasteiger partial charge is 0.124 e. The second kappa shape index (κ2) is 5.69.